The normalized spacial score (nSPS) is 14.0. The molecule has 0 spiro atoms. The van der Waals surface area contributed by atoms with E-state index in [9.17, 15) is 35.1 Å². The summed E-state index contributed by atoms with van der Waals surface area (Å²) in [6.07, 6.45) is 0. The molecule has 8 bridgehead atoms. The van der Waals surface area contributed by atoms with Crippen LogP contribution in [-0.2, 0) is 0 Å². The number of hydrogen-bond acceptors (Lipinski definition) is 2. The quantitative estimate of drug-likeness (QED) is 0.386. The molecule has 0 saturated carbocycles. The van der Waals surface area contributed by atoms with Crippen molar-refractivity contribution >= 4 is 45.4 Å². The van der Waals surface area contributed by atoms with Crippen LogP contribution in [0.1, 0.15) is 22.8 Å². The van der Waals surface area contributed by atoms with Crippen LogP contribution in [0.25, 0.3) is 45.4 Å². The van der Waals surface area contributed by atoms with E-state index in [1.165, 1.54) is 0 Å². The monoisotopic (exact) mass is 454 g/mol. The molecular formula is C20H6F8N4. The van der Waals surface area contributed by atoms with Crippen LogP contribution in [0.15, 0.2) is 24.3 Å². The Morgan fingerprint density at radius 3 is 1.03 bits per heavy atom. The molecule has 0 saturated heterocycles. The average Bonchev–Trinajstić information content (AvgIpc) is 3.37. The first-order valence-electron chi connectivity index (χ1n) is 8.72. The molecule has 4 nitrogen and oxygen atoms in total. The predicted octanol–water partition coefficient (Wildman–Crippen LogP) is 6.40. The number of hydrogen-bond donors (Lipinski definition) is 2. The van der Waals surface area contributed by atoms with Crippen molar-refractivity contribution in [3.8, 4) is 0 Å². The maximum absolute atomic E-state index is 14.3. The van der Waals surface area contributed by atoms with E-state index in [1.807, 2.05) is 0 Å². The number of H-pyrrole nitrogens is 2. The summed E-state index contributed by atoms with van der Waals surface area (Å²) in [5.74, 6) is -12.4. The maximum Gasteiger partial charge on any atom is 0.186 e. The number of aromatic nitrogens is 4. The summed E-state index contributed by atoms with van der Waals surface area (Å²) >= 11 is 0. The number of aromatic amines is 2. The van der Waals surface area contributed by atoms with E-state index in [1.54, 1.807) is 0 Å². The van der Waals surface area contributed by atoms with Crippen LogP contribution in [0.5, 0.6) is 0 Å². The Kier molecular flexibility index (Phi) is 4.23. The van der Waals surface area contributed by atoms with Crippen LogP contribution in [0.2, 0.25) is 0 Å². The fraction of sp³-hybridized carbons (Fsp3) is 0. The summed E-state index contributed by atoms with van der Waals surface area (Å²) in [6, 6.07) is 2.46. The van der Waals surface area contributed by atoms with Gasteiger partial charge in [-0.15, -0.1) is 0 Å². The zero-order valence-corrected chi connectivity index (χ0v) is 15.2. The van der Waals surface area contributed by atoms with Gasteiger partial charge in [0.05, 0.1) is 22.1 Å². The molecule has 32 heavy (non-hydrogen) atoms. The van der Waals surface area contributed by atoms with E-state index < -0.39 is 91.4 Å². The molecule has 3 aromatic heterocycles. The van der Waals surface area contributed by atoms with Crippen molar-refractivity contribution in [3.05, 3.63) is 70.3 Å². The Morgan fingerprint density at radius 1 is 0.406 bits per heavy atom. The second kappa shape index (κ2) is 6.77. The van der Waals surface area contributed by atoms with E-state index in [0.717, 1.165) is 0 Å². The summed E-state index contributed by atoms with van der Waals surface area (Å²) < 4.78 is 114. The van der Waals surface area contributed by atoms with Crippen molar-refractivity contribution < 1.29 is 35.1 Å². The van der Waals surface area contributed by atoms with Crippen LogP contribution in [-0.4, -0.2) is 19.9 Å². The van der Waals surface area contributed by atoms with Gasteiger partial charge in [-0.1, -0.05) is 0 Å². The molecule has 0 unspecified atom stereocenters. The van der Waals surface area contributed by atoms with Gasteiger partial charge in [-0.25, -0.2) is 45.1 Å². The lowest BCUT2D eigenvalue weighted by Gasteiger charge is -1.89. The third-order valence-electron chi connectivity index (χ3n) is 4.76. The number of nitrogens with zero attached hydrogens (tertiary/aromatic N) is 2. The molecule has 0 radical (unpaired) electrons. The van der Waals surface area contributed by atoms with Gasteiger partial charge in [0, 0.05) is 0 Å². The van der Waals surface area contributed by atoms with E-state index >= 15 is 0 Å². The summed E-state index contributed by atoms with van der Waals surface area (Å²) in [7, 11) is 0. The number of rotatable bonds is 0. The Bertz CT molecular complexity index is 1450. The second-order valence-electron chi connectivity index (χ2n) is 6.76. The van der Waals surface area contributed by atoms with Gasteiger partial charge in [0.25, 0.3) is 0 Å². The Hall–Kier alpha value is -3.96. The predicted molar refractivity (Wildman–Crippen MR) is 98.9 cm³/mol. The molecule has 5 heterocycles. The number of fused-ring (bicyclic) bond motifs is 8. The van der Waals surface area contributed by atoms with E-state index in [0.29, 0.717) is 24.3 Å². The van der Waals surface area contributed by atoms with Gasteiger partial charge in [0.1, 0.15) is 22.8 Å². The maximum atomic E-state index is 14.3. The average molecular weight is 454 g/mol. The van der Waals surface area contributed by atoms with Crippen LogP contribution >= 0.6 is 0 Å². The molecule has 3 aromatic rings. The Balaban J connectivity index is 1.99. The van der Waals surface area contributed by atoms with Gasteiger partial charge in [-0.05, 0) is 24.3 Å². The van der Waals surface area contributed by atoms with E-state index in [2.05, 4.69) is 19.9 Å². The lowest BCUT2D eigenvalue weighted by atomic mass is 10.3. The van der Waals surface area contributed by atoms with Gasteiger partial charge in [-0.3, -0.25) is 0 Å². The molecule has 5 rings (SSSR count). The summed E-state index contributed by atoms with van der Waals surface area (Å²) in [6.45, 7) is 0. The highest BCUT2D eigenvalue weighted by atomic mass is 19.2. The first-order chi connectivity index (χ1) is 15.2. The Labute approximate surface area is 171 Å². The van der Waals surface area contributed by atoms with Gasteiger partial charge in [0.15, 0.2) is 46.6 Å². The third-order valence-corrected chi connectivity index (χ3v) is 4.76. The van der Waals surface area contributed by atoms with E-state index in [-0.39, 0.29) is 0 Å². The smallest absolute Gasteiger partial charge is 0.186 e. The summed E-state index contributed by atoms with van der Waals surface area (Å²) in [5, 5.41) is 0. The van der Waals surface area contributed by atoms with Crippen molar-refractivity contribution in [1.29, 1.82) is 0 Å². The fourth-order valence-electron chi connectivity index (χ4n) is 3.22. The van der Waals surface area contributed by atoms with E-state index in [4.69, 9.17) is 0 Å². The lowest BCUT2D eigenvalue weighted by molar-refractivity contribution is 0.527. The third kappa shape index (κ3) is 2.82. The van der Waals surface area contributed by atoms with Crippen LogP contribution in [0.3, 0.4) is 0 Å². The standard InChI is InChI=1S/C20H6F8N4/c21-13-5-1-6-14(22)16(24)8(30-6)3-10-18(26)20(28)12(32-10)4-11-19(27)17(25)9(31-11)2-7(29-5)15(13)23/h1-4,29-30H. The second-order valence-corrected chi connectivity index (χ2v) is 6.76. The molecular weight excluding hydrogens is 448 g/mol. The van der Waals surface area contributed by atoms with Gasteiger partial charge < -0.3 is 9.97 Å². The molecule has 0 amide bonds. The van der Waals surface area contributed by atoms with Crippen LogP contribution < -0.4 is 0 Å². The Morgan fingerprint density at radius 2 is 0.688 bits per heavy atom. The van der Waals surface area contributed by atoms with Crippen molar-refractivity contribution in [2.24, 2.45) is 0 Å². The van der Waals surface area contributed by atoms with Gasteiger partial charge >= 0.3 is 0 Å². The molecule has 2 N–H and O–H groups in total. The zero-order valence-electron chi connectivity index (χ0n) is 15.2. The number of halogens is 8. The first-order valence-corrected chi connectivity index (χ1v) is 8.72. The molecule has 162 valence electrons. The number of nitrogens with one attached hydrogen (secondary N) is 2. The topological polar surface area (TPSA) is 57.4 Å². The highest BCUT2D eigenvalue weighted by molar-refractivity contribution is 5.89. The van der Waals surface area contributed by atoms with Crippen molar-refractivity contribution in [2.75, 3.05) is 0 Å². The van der Waals surface area contributed by atoms with Crippen molar-refractivity contribution in [1.82, 2.24) is 19.9 Å². The summed E-state index contributed by atoms with van der Waals surface area (Å²) in [4.78, 5) is 11.5. The van der Waals surface area contributed by atoms with Gasteiger partial charge in [-0.2, -0.15) is 0 Å². The first kappa shape index (κ1) is 20.0. The van der Waals surface area contributed by atoms with Crippen LogP contribution in [0.4, 0.5) is 35.1 Å². The fourth-order valence-corrected chi connectivity index (χ4v) is 3.22. The lowest BCUT2D eigenvalue weighted by Crippen LogP contribution is -1.81. The van der Waals surface area contributed by atoms with Crippen molar-refractivity contribution in [3.63, 3.8) is 0 Å². The minimum atomic E-state index is -1.57. The molecule has 2 aliphatic heterocycles. The zero-order chi connectivity index (χ0) is 22.9. The molecule has 0 atom stereocenters. The van der Waals surface area contributed by atoms with Gasteiger partial charge in [0.2, 0.25) is 0 Å². The largest absolute Gasteiger partial charge is 0.350 e. The van der Waals surface area contributed by atoms with Crippen LogP contribution in [0, 0.1) is 23.3 Å². The van der Waals surface area contributed by atoms with Crippen molar-refractivity contribution in [2.45, 2.75) is 0 Å². The minimum absolute atomic E-state index is 0.569. The molecule has 0 aromatic carbocycles. The molecule has 12 heteroatoms. The molecule has 2 aliphatic rings. The summed E-state index contributed by atoms with van der Waals surface area (Å²) in [5.41, 5.74) is -5.89. The molecule has 0 fully saturated rings. The highest BCUT2D eigenvalue weighted by Gasteiger charge is 2.25. The minimum Gasteiger partial charge on any atom is -0.350 e. The highest BCUT2D eigenvalue weighted by Crippen LogP contribution is 2.36. The molecule has 0 aliphatic carbocycles. The SMILES string of the molecule is FC1=C(F)c2cc3[nH]c(cc4[nH]c(cc5nc(cc1n2)C(F)=C5F)c(F)c4F)c(F)c3F.